The van der Waals surface area contributed by atoms with Crippen LogP contribution in [0.15, 0.2) is 42.5 Å². The Bertz CT molecular complexity index is 703. The summed E-state index contributed by atoms with van der Waals surface area (Å²) in [5, 5.41) is 5.90. The third-order valence-electron chi connectivity index (χ3n) is 5.23. The van der Waals surface area contributed by atoms with E-state index in [-0.39, 0.29) is 18.3 Å². The van der Waals surface area contributed by atoms with E-state index >= 15 is 0 Å². The van der Waals surface area contributed by atoms with Gasteiger partial charge in [0.05, 0.1) is 6.42 Å². The van der Waals surface area contributed by atoms with E-state index in [4.69, 9.17) is 0 Å². The average Bonchev–Trinajstić information content (AvgIpc) is 3.02. The van der Waals surface area contributed by atoms with Gasteiger partial charge >= 0.3 is 0 Å². The molecule has 2 aliphatic heterocycles. The molecule has 3 nitrogen and oxygen atoms in total. The maximum absolute atomic E-state index is 12.6. The minimum atomic E-state index is 0. The minimum Gasteiger partial charge on any atom is -0.342 e. The first-order valence-electron chi connectivity index (χ1n) is 8.26. The normalized spacial score (nSPS) is 23.4. The van der Waals surface area contributed by atoms with Crippen molar-refractivity contribution >= 4 is 29.1 Å². The van der Waals surface area contributed by atoms with Gasteiger partial charge in [0.15, 0.2) is 0 Å². The van der Waals surface area contributed by atoms with E-state index in [1.807, 2.05) is 12.1 Å². The molecular formula is C19H23ClN2O. The van der Waals surface area contributed by atoms with Crippen LogP contribution in [-0.2, 0) is 11.2 Å². The van der Waals surface area contributed by atoms with Crippen molar-refractivity contribution in [2.24, 2.45) is 11.8 Å². The van der Waals surface area contributed by atoms with Gasteiger partial charge in [-0.3, -0.25) is 4.79 Å². The number of carbonyl (C=O) groups excluding carboxylic acids is 1. The first-order chi connectivity index (χ1) is 10.8. The molecule has 4 rings (SSSR count). The summed E-state index contributed by atoms with van der Waals surface area (Å²) in [6, 6.07) is 14.7. The molecule has 2 aromatic carbocycles. The van der Waals surface area contributed by atoms with Gasteiger partial charge in [0.2, 0.25) is 5.91 Å². The van der Waals surface area contributed by atoms with E-state index < -0.39 is 0 Å². The lowest BCUT2D eigenvalue weighted by molar-refractivity contribution is -0.132. The summed E-state index contributed by atoms with van der Waals surface area (Å²) >= 11 is 0. The molecule has 1 amide bonds. The summed E-state index contributed by atoms with van der Waals surface area (Å²) in [5.41, 5.74) is 1.12. The smallest absolute Gasteiger partial charge is 0.226 e. The number of hydrogen-bond acceptors (Lipinski definition) is 2. The number of rotatable bonds is 2. The number of amides is 1. The van der Waals surface area contributed by atoms with E-state index in [0.717, 1.165) is 44.1 Å². The molecule has 1 N–H and O–H groups in total. The molecule has 0 radical (unpaired) electrons. The average molecular weight is 331 g/mol. The summed E-state index contributed by atoms with van der Waals surface area (Å²) < 4.78 is 0. The summed E-state index contributed by atoms with van der Waals surface area (Å²) in [6.45, 7) is 4.07. The highest BCUT2D eigenvalue weighted by Crippen LogP contribution is 2.27. The second kappa shape index (κ2) is 6.90. The van der Waals surface area contributed by atoms with Crippen LogP contribution in [0.3, 0.4) is 0 Å². The molecule has 2 fully saturated rings. The van der Waals surface area contributed by atoms with E-state index in [1.54, 1.807) is 0 Å². The fourth-order valence-electron chi connectivity index (χ4n) is 3.90. The molecule has 0 spiro atoms. The molecule has 0 bridgehead atoms. The number of fused-ring (bicyclic) bond motifs is 2. The van der Waals surface area contributed by atoms with Gasteiger partial charge in [-0.25, -0.2) is 0 Å². The Hall–Kier alpha value is -1.58. The van der Waals surface area contributed by atoms with Crippen molar-refractivity contribution in [3.8, 4) is 0 Å². The summed E-state index contributed by atoms with van der Waals surface area (Å²) in [7, 11) is 0. The third kappa shape index (κ3) is 3.36. The molecule has 122 valence electrons. The van der Waals surface area contributed by atoms with Crippen molar-refractivity contribution in [2.75, 3.05) is 26.2 Å². The van der Waals surface area contributed by atoms with Gasteiger partial charge in [0.1, 0.15) is 0 Å². The number of benzene rings is 2. The molecule has 2 aromatic rings. The van der Waals surface area contributed by atoms with Crippen LogP contribution in [0.25, 0.3) is 10.8 Å². The monoisotopic (exact) mass is 330 g/mol. The quantitative estimate of drug-likeness (QED) is 0.918. The fourth-order valence-corrected chi connectivity index (χ4v) is 3.90. The number of nitrogens with zero attached hydrogens (tertiary/aromatic N) is 1. The standard InChI is InChI=1S/C19H22N2O.ClH/c22-19(21-8-7-17-11-20-12-18(17)13-21)10-14-5-6-15-3-1-2-4-16(15)9-14;/h1-6,9,17-18,20H,7-8,10-13H2;1H. The highest BCUT2D eigenvalue weighted by atomic mass is 35.5. The van der Waals surface area contributed by atoms with E-state index in [0.29, 0.717) is 12.3 Å². The molecule has 4 heteroatoms. The van der Waals surface area contributed by atoms with Crippen LogP contribution in [-0.4, -0.2) is 37.0 Å². The number of hydrogen-bond donors (Lipinski definition) is 1. The third-order valence-corrected chi connectivity index (χ3v) is 5.23. The van der Waals surface area contributed by atoms with Gasteiger partial charge in [-0.05, 0) is 47.7 Å². The molecule has 0 saturated carbocycles. The molecule has 2 unspecified atom stereocenters. The van der Waals surface area contributed by atoms with E-state index in [1.165, 1.54) is 10.8 Å². The Labute approximate surface area is 143 Å². The second-order valence-corrected chi connectivity index (χ2v) is 6.67. The van der Waals surface area contributed by atoms with Gasteiger partial charge in [0, 0.05) is 13.1 Å². The van der Waals surface area contributed by atoms with Crippen molar-refractivity contribution in [1.29, 1.82) is 0 Å². The Balaban J connectivity index is 0.00000156. The lowest BCUT2D eigenvalue weighted by Gasteiger charge is -2.34. The highest BCUT2D eigenvalue weighted by molar-refractivity contribution is 5.86. The molecule has 0 aliphatic carbocycles. The zero-order valence-corrected chi connectivity index (χ0v) is 14.0. The number of carbonyl (C=O) groups is 1. The van der Waals surface area contributed by atoms with Gasteiger partial charge in [0.25, 0.3) is 0 Å². The SMILES string of the molecule is Cl.O=C(Cc1ccc2ccccc2c1)N1CCC2CNCC2C1. The molecule has 23 heavy (non-hydrogen) atoms. The first-order valence-corrected chi connectivity index (χ1v) is 8.26. The van der Waals surface area contributed by atoms with Crippen molar-refractivity contribution in [3.63, 3.8) is 0 Å². The van der Waals surface area contributed by atoms with Gasteiger partial charge < -0.3 is 10.2 Å². The fraction of sp³-hybridized carbons (Fsp3) is 0.421. The second-order valence-electron chi connectivity index (χ2n) is 6.67. The Morgan fingerprint density at radius 1 is 1.09 bits per heavy atom. The van der Waals surface area contributed by atoms with Crippen LogP contribution >= 0.6 is 12.4 Å². The zero-order chi connectivity index (χ0) is 14.9. The molecular weight excluding hydrogens is 308 g/mol. The van der Waals surface area contributed by atoms with Crippen molar-refractivity contribution in [3.05, 3.63) is 48.0 Å². The van der Waals surface area contributed by atoms with Crippen LogP contribution in [0.1, 0.15) is 12.0 Å². The maximum atomic E-state index is 12.6. The highest BCUT2D eigenvalue weighted by Gasteiger charge is 2.34. The zero-order valence-electron chi connectivity index (χ0n) is 13.2. The largest absolute Gasteiger partial charge is 0.342 e. The van der Waals surface area contributed by atoms with E-state index in [9.17, 15) is 4.79 Å². The van der Waals surface area contributed by atoms with Crippen LogP contribution in [0.5, 0.6) is 0 Å². The van der Waals surface area contributed by atoms with Gasteiger partial charge in [-0.15, -0.1) is 12.4 Å². The van der Waals surface area contributed by atoms with Crippen LogP contribution in [0.2, 0.25) is 0 Å². The number of likely N-dealkylation sites (tertiary alicyclic amines) is 1. The number of nitrogens with one attached hydrogen (secondary N) is 1. The molecule has 2 saturated heterocycles. The van der Waals surface area contributed by atoms with Gasteiger partial charge in [-0.2, -0.15) is 0 Å². The molecule has 2 aliphatic rings. The summed E-state index contributed by atoms with van der Waals surface area (Å²) in [6.07, 6.45) is 1.68. The summed E-state index contributed by atoms with van der Waals surface area (Å²) in [5.74, 6) is 1.72. The van der Waals surface area contributed by atoms with E-state index in [2.05, 4.69) is 40.5 Å². The maximum Gasteiger partial charge on any atom is 0.226 e. The van der Waals surface area contributed by atoms with Crippen LogP contribution in [0, 0.1) is 11.8 Å². The molecule has 2 atom stereocenters. The van der Waals surface area contributed by atoms with Crippen molar-refractivity contribution in [2.45, 2.75) is 12.8 Å². The van der Waals surface area contributed by atoms with Crippen molar-refractivity contribution < 1.29 is 4.79 Å². The van der Waals surface area contributed by atoms with Crippen LogP contribution < -0.4 is 5.32 Å². The minimum absolute atomic E-state index is 0. The number of halogens is 1. The Morgan fingerprint density at radius 3 is 2.74 bits per heavy atom. The topological polar surface area (TPSA) is 32.3 Å². The number of piperidine rings is 1. The lowest BCUT2D eigenvalue weighted by Crippen LogP contribution is -2.44. The van der Waals surface area contributed by atoms with Gasteiger partial charge in [-0.1, -0.05) is 42.5 Å². The predicted octanol–water partition coefficient (Wildman–Crippen LogP) is 2.87. The van der Waals surface area contributed by atoms with Crippen LogP contribution in [0.4, 0.5) is 0 Å². The first kappa shape index (κ1) is 16.3. The molecule has 2 heterocycles. The predicted molar refractivity (Wildman–Crippen MR) is 95.9 cm³/mol. The Morgan fingerprint density at radius 2 is 1.87 bits per heavy atom. The van der Waals surface area contributed by atoms with Crippen molar-refractivity contribution in [1.82, 2.24) is 10.2 Å². The molecule has 0 aromatic heterocycles. The summed E-state index contributed by atoms with van der Waals surface area (Å²) in [4.78, 5) is 14.7. The lowest BCUT2D eigenvalue weighted by atomic mass is 9.88. The Kier molecular flexibility index (Phi) is 4.88.